The first kappa shape index (κ1) is 24.1. The summed E-state index contributed by atoms with van der Waals surface area (Å²) >= 11 is 1.26. The summed E-state index contributed by atoms with van der Waals surface area (Å²) in [4.78, 5) is 25.0. The molecule has 0 fully saturated rings. The summed E-state index contributed by atoms with van der Waals surface area (Å²) < 4.78 is 7.05. The van der Waals surface area contributed by atoms with Gasteiger partial charge in [-0.05, 0) is 49.2 Å². The minimum absolute atomic E-state index is 0.0221. The Labute approximate surface area is 197 Å². The lowest BCUT2D eigenvalue weighted by molar-refractivity contribution is -0.116. The van der Waals surface area contributed by atoms with Crippen LogP contribution >= 0.6 is 11.8 Å². The molecular formula is C24H27N5O3S. The number of benzene rings is 2. The first-order valence-corrected chi connectivity index (χ1v) is 11.4. The largest absolute Gasteiger partial charge is 0.495 e. The number of ether oxygens (including phenoxy) is 1. The van der Waals surface area contributed by atoms with E-state index in [2.05, 4.69) is 27.4 Å². The molecular weight excluding hydrogens is 438 g/mol. The van der Waals surface area contributed by atoms with Gasteiger partial charge >= 0.3 is 0 Å². The number of hydrogen-bond acceptors (Lipinski definition) is 6. The molecule has 1 heterocycles. The van der Waals surface area contributed by atoms with Crippen molar-refractivity contribution in [2.45, 2.75) is 32.0 Å². The van der Waals surface area contributed by atoms with Crippen LogP contribution in [0.3, 0.4) is 0 Å². The molecule has 3 aromatic rings. The minimum Gasteiger partial charge on any atom is -0.495 e. The van der Waals surface area contributed by atoms with Gasteiger partial charge in [-0.3, -0.25) is 9.59 Å². The average Bonchev–Trinajstić information content (AvgIpc) is 3.16. The predicted octanol–water partition coefficient (Wildman–Crippen LogP) is 4.00. The van der Waals surface area contributed by atoms with E-state index in [0.29, 0.717) is 29.0 Å². The van der Waals surface area contributed by atoms with E-state index in [-0.39, 0.29) is 24.0 Å². The summed E-state index contributed by atoms with van der Waals surface area (Å²) in [6.45, 7) is 8.22. The molecule has 8 nitrogen and oxygen atoms in total. The summed E-state index contributed by atoms with van der Waals surface area (Å²) in [6, 6.07) is 13.0. The fourth-order valence-corrected chi connectivity index (χ4v) is 3.87. The van der Waals surface area contributed by atoms with Gasteiger partial charge in [0, 0.05) is 12.2 Å². The van der Waals surface area contributed by atoms with Crippen LogP contribution in [-0.2, 0) is 22.6 Å². The van der Waals surface area contributed by atoms with Gasteiger partial charge in [0.2, 0.25) is 11.8 Å². The van der Waals surface area contributed by atoms with Gasteiger partial charge in [-0.15, -0.1) is 16.8 Å². The molecule has 0 bridgehead atoms. The number of nitrogens with one attached hydrogen (secondary N) is 2. The number of rotatable bonds is 10. The van der Waals surface area contributed by atoms with Crippen LogP contribution in [0.4, 0.5) is 11.4 Å². The van der Waals surface area contributed by atoms with Crippen LogP contribution in [0, 0.1) is 13.8 Å². The second-order valence-electron chi connectivity index (χ2n) is 7.36. The van der Waals surface area contributed by atoms with E-state index in [1.165, 1.54) is 17.3 Å². The lowest BCUT2D eigenvalue weighted by atomic mass is 10.1. The highest BCUT2D eigenvalue weighted by molar-refractivity contribution is 7.99. The maximum Gasteiger partial charge on any atom is 0.234 e. The summed E-state index contributed by atoms with van der Waals surface area (Å²) in [5.41, 5.74) is 3.62. The van der Waals surface area contributed by atoms with Crippen LogP contribution in [-0.4, -0.2) is 39.4 Å². The number of hydrogen-bond donors (Lipinski definition) is 2. The summed E-state index contributed by atoms with van der Waals surface area (Å²) in [5, 5.41) is 14.6. The van der Waals surface area contributed by atoms with Crippen LogP contribution < -0.4 is 15.4 Å². The molecule has 0 saturated heterocycles. The van der Waals surface area contributed by atoms with Gasteiger partial charge in [0.15, 0.2) is 5.16 Å². The van der Waals surface area contributed by atoms with Crippen molar-refractivity contribution in [3.8, 4) is 5.75 Å². The average molecular weight is 466 g/mol. The Bertz CT molecular complexity index is 1160. The number of carbonyl (C=O) groups excluding carboxylic acids is 2. The van der Waals surface area contributed by atoms with Crippen LogP contribution in [0.25, 0.3) is 0 Å². The van der Waals surface area contributed by atoms with Gasteiger partial charge < -0.3 is 19.9 Å². The zero-order chi connectivity index (χ0) is 23.8. The fraction of sp³-hybridized carbons (Fsp3) is 0.250. The van der Waals surface area contributed by atoms with Crippen molar-refractivity contribution >= 4 is 35.0 Å². The van der Waals surface area contributed by atoms with E-state index in [4.69, 9.17) is 4.74 Å². The number of amides is 2. The highest BCUT2D eigenvalue weighted by Gasteiger charge is 2.17. The van der Waals surface area contributed by atoms with Gasteiger partial charge in [-0.2, -0.15) is 0 Å². The number of allylic oxidation sites excluding steroid dienone is 1. The van der Waals surface area contributed by atoms with Gasteiger partial charge in [0.1, 0.15) is 11.6 Å². The van der Waals surface area contributed by atoms with Crippen molar-refractivity contribution in [3.05, 3.63) is 72.1 Å². The van der Waals surface area contributed by atoms with Crippen LogP contribution in [0.15, 0.2) is 60.3 Å². The van der Waals surface area contributed by atoms with Gasteiger partial charge in [0.25, 0.3) is 0 Å². The molecule has 33 heavy (non-hydrogen) atoms. The number of para-hydroxylation sites is 2. The molecule has 1 aromatic heterocycles. The predicted molar refractivity (Wildman–Crippen MR) is 131 cm³/mol. The second kappa shape index (κ2) is 11.3. The molecule has 0 radical (unpaired) electrons. The lowest BCUT2D eigenvalue weighted by Crippen LogP contribution is -2.18. The molecule has 0 aliphatic heterocycles. The summed E-state index contributed by atoms with van der Waals surface area (Å²) in [6.07, 6.45) is 1.72. The van der Waals surface area contributed by atoms with Crippen molar-refractivity contribution < 1.29 is 14.3 Å². The number of methoxy groups -OCH3 is 1. The molecule has 0 saturated carbocycles. The first-order chi connectivity index (χ1) is 15.9. The molecule has 9 heteroatoms. The maximum absolute atomic E-state index is 12.6. The van der Waals surface area contributed by atoms with E-state index in [9.17, 15) is 9.59 Å². The van der Waals surface area contributed by atoms with E-state index in [0.717, 1.165) is 11.3 Å². The standard InChI is InChI=1S/C24H27N5O3S/c1-5-12-29-21(14-22(30)26-19-8-6-7-9-20(19)32-4)27-28-24(29)33-15-23(31)25-18-11-10-16(2)17(3)13-18/h5-11,13H,1,12,14-15H2,2-4H3,(H,25,31)(H,26,30). The minimum atomic E-state index is -0.249. The second-order valence-corrected chi connectivity index (χ2v) is 8.30. The zero-order valence-corrected chi connectivity index (χ0v) is 19.7. The molecule has 2 N–H and O–H groups in total. The molecule has 2 amide bonds. The molecule has 0 spiro atoms. The van der Waals surface area contributed by atoms with E-state index in [1.54, 1.807) is 29.9 Å². The van der Waals surface area contributed by atoms with Crippen LogP contribution in [0.1, 0.15) is 17.0 Å². The van der Waals surface area contributed by atoms with E-state index in [1.807, 2.05) is 44.2 Å². The van der Waals surface area contributed by atoms with Crippen molar-refractivity contribution in [1.82, 2.24) is 14.8 Å². The van der Waals surface area contributed by atoms with Crippen molar-refractivity contribution in [2.24, 2.45) is 0 Å². The normalized spacial score (nSPS) is 10.5. The molecule has 0 aliphatic rings. The highest BCUT2D eigenvalue weighted by Crippen LogP contribution is 2.24. The number of anilines is 2. The number of thioether (sulfide) groups is 1. The molecule has 0 aliphatic carbocycles. The molecule has 0 atom stereocenters. The summed E-state index contributed by atoms with van der Waals surface area (Å²) in [7, 11) is 1.55. The van der Waals surface area contributed by atoms with E-state index < -0.39 is 0 Å². The Kier molecular flexibility index (Phi) is 8.26. The van der Waals surface area contributed by atoms with Gasteiger partial charge in [-0.1, -0.05) is 36.0 Å². The molecule has 2 aromatic carbocycles. The fourth-order valence-electron chi connectivity index (χ4n) is 3.10. The SMILES string of the molecule is C=CCn1c(CC(=O)Nc2ccccc2OC)nnc1SCC(=O)Nc1ccc(C)c(C)c1. The Morgan fingerprint density at radius 2 is 1.88 bits per heavy atom. The van der Waals surface area contributed by atoms with Crippen LogP contribution in [0.5, 0.6) is 5.75 Å². The zero-order valence-electron chi connectivity index (χ0n) is 18.9. The number of nitrogens with zero attached hydrogens (tertiary/aromatic N) is 3. The Morgan fingerprint density at radius 3 is 2.61 bits per heavy atom. The number of aromatic nitrogens is 3. The molecule has 0 unspecified atom stereocenters. The van der Waals surface area contributed by atoms with Gasteiger partial charge in [-0.25, -0.2) is 0 Å². The first-order valence-electron chi connectivity index (χ1n) is 10.4. The Balaban J connectivity index is 1.63. The molecule has 3 rings (SSSR count). The maximum atomic E-state index is 12.6. The quantitative estimate of drug-likeness (QED) is 0.347. The summed E-state index contributed by atoms with van der Waals surface area (Å²) in [5.74, 6) is 0.826. The topological polar surface area (TPSA) is 98.1 Å². The van der Waals surface area contributed by atoms with Gasteiger partial charge in [0.05, 0.1) is 25.0 Å². The Hall–Kier alpha value is -3.59. The third kappa shape index (κ3) is 6.45. The van der Waals surface area contributed by atoms with Crippen molar-refractivity contribution in [1.29, 1.82) is 0 Å². The lowest BCUT2D eigenvalue weighted by Gasteiger charge is -2.11. The Morgan fingerprint density at radius 1 is 1.09 bits per heavy atom. The van der Waals surface area contributed by atoms with Crippen LogP contribution in [0.2, 0.25) is 0 Å². The van der Waals surface area contributed by atoms with Crippen molar-refractivity contribution in [3.63, 3.8) is 0 Å². The van der Waals surface area contributed by atoms with Crippen molar-refractivity contribution in [2.75, 3.05) is 23.5 Å². The third-order valence-corrected chi connectivity index (χ3v) is 5.89. The highest BCUT2D eigenvalue weighted by atomic mass is 32.2. The number of carbonyl (C=O) groups is 2. The third-order valence-electron chi connectivity index (χ3n) is 4.93. The number of aryl methyl sites for hydroxylation is 2. The monoisotopic (exact) mass is 465 g/mol. The molecule has 172 valence electrons. The van der Waals surface area contributed by atoms with E-state index >= 15 is 0 Å². The smallest absolute Gasteiger partial charge is 0.234 e.